The second-order valence-corrected chi connectivity index (χ2v) is 6.83. The SMILES string of the molecule is CCC1(CC)NC(=O)N(CC(=O)OCC(=O)N2C[C@@H](C)O[C@@H](C)C2)C1=O. The van der Waals surface area contributed by atoms with Crippen molar-refractivity contribution in [1.82, 2.24) is 15.1 Å². The second-order valence-electron chi connectivity index (χ2n) is 6.83. The van der Waals surface area contributed by atoms with Crippen LogP contribution in [0, 0.1) is 0 Å². The fraction of sp³-hybridized carbons (Fsp3) is 0.765. The Morgan fingerprint density at radius 1 is 1.19 bits per heavy atom. The smallest absolute Gasteiger partial charge is 0.326 e. The molecule has 0 unspecified atom stereocenters. The molecule has 0 aromatic rings. The van der Waals surface area contributed by atoms with Crippen molar-refractivity contribution in [3.05, 3.63) is 0 Å². The molecule has 2 rings (SSSR count). The quantitative estimate of drug-likeness (QED) is 0.532. The van der Waals surface area contributed by atoms with Crippen molar-refractivity contribution < 1.29 is 28.7 Å². The van der Waals surface area contributed by atoms with Gasteiger partial charge in [-0.1, -0.05) is 13.8 Å². The molecule has 26 heavy (non-hydrogen) atoms. The number of nitrogens with one attached hydrogen (secondary N) is 1. The highest BCUT2D eigenvalue weighted by Crippen LogP contribution is 2.24. The number of urea groups is 1. The van der Waals surface area contributed by atoms with Crippen LogP contribution in [0.3, 0.4) is 0 Å². The fourth-order valence-electron chi connectivity index (χ4n) is 3.34. The third-order valence-corrected chi connectivity index (χ3v) is 4.87. The minimum absolute atomic E-state index is 0.0828. The molecule has 2 aliphatic rings. The molecule has 0 aromatic carbocycles. The van der Waals surface area contributed by atoms with Crippen LogP contribution in [0.25, 0.3) is 0 Å². The van der Waals surface area contributed by atoms with E-state index in [2.05, 4.69) is 5.32 Å². The normalized spacial score (nSPS) is 25.2. The predicted octanol–water partition coefficient (Wildman–Crippen LogP) is 0.276. The van der Waals surface area contributed by atoms with Crippen molar-refractivity contribution in [1.29, 1.82) is 0 Å². The van der Waals surface area contributed by atoms with E-state index in [0.29, 0.717) is 25.9 Å². The zero-order valence-corrected chi connectivity index (χ0v) is 15.7. The summed E-state index contributed by atoms with van der Waals surface area (Å²) >= 11 is 0. The first-order valence-electron chi connectivity index (χ1n) is 8.95. The van der Waals surface area contributed by atoms with Crippen molar-refractivity contribution in [2.24, 2.45) is 0 Å². The second kappa shape index (κ2) is 8.03. The molecule has 9 heteroatoms. The topological polar surface area (TPSA) is 105 Å². The Morgan fingerprint density at radius 2 is 1.77 bits per heavy atom. The van der Waals surface area contributed by atoms with Crippen LogP contribution >= 0.6 is 0 Å². The van der Waals surface area contributed by atoms with Gasteiger partial charge >= 0.3 is 12.0 Å². The number of carbonyl (C=O) groups excluding carboxylic acids is 4. The molecule has 0 radical (unpaired) electrons. The maximum Gasteiger partial charge on any atom is 0.326 e. The number of carbonyl (C=O) groups is 4. The lowest BCUT2D eigenvalue weighted by molar-refractivity contribution is -0.158. The van der Waals surface area contributed by atoms with Crippen LogP contribution in [0.15, 0.2) is 0 Å². The molecular formula is C17H27N3O6. The van der Waals surface area contributed by atoms with Gasteiger partial charge in [-0.15, -0.1) is 0 Å². The summed E-state index contributed by atoms with van der Waals surface area (Å²) in [4.78, 5) is 51.1. The highest BCUT2D eigenvalue weighted by Gasteiger charge is 2.49. The van der Waals surface area contributed by atoms with Gasteiger partial charge in [0.25, 0.3) is 11.8 Å². The molecule has 0 bridgehead atoms. The number of nitrogens with zero attached hydrogens (tertiary/aromatic N) is 2. The number of rotatable bonds is 6. The average molecular weight is 369 g/mol. The van der Waals surface area contributed by atoms with E-state index in [1.807, 2.05) is 13.8 Å². The van der Waals surface area contributed by atoms with E-state index in [-0.39, 0.29) is 18.1 Å². The zero-order valence-electron chi connectivity index (χ0n) is 15.7. The van der Waals surface area contributed by atoms with Gasteiger partial charge in [0.05, 0.1) is 12.2 Å². The number of morpholine rings is 1. The Balaban J connectivity index is 1.86. The van der Waals surface area contributed by atoms with Gasteiger partial charge in [-0.3, -0.25) is 19.3 Å². The molecule has 2 aliphatic heterocycles. The maximum absolute atomic E-state index is 12.4. The summed E-state index contributed by atoms with van der Waals surface area (Å²) in [6.45, 7) is 7.27. The lowest BCUT2D eigenvalue weighted by atomic mass is 9.93. The van der Waals surface area contributed by atoms with Crippen molar-refractivity contribution in [2.45, 2.75) is 58.3 Å². The molecule has 146 valence electrons. The van der Waals surface area contributed by atoms with Crippen LogP contribution in [0.1, 0.15) is 40.5 Å². The van der Waals surface area contributed by atoms with Crippen LogP contribution in [0.2, 0.25) is 0 Å². The monoisotopic (exact) mass is 369 g/mol. The molecule has 1 N–H and O–H groups in total. The Bertz CT molecular complexity index is 579. The molecule has 9 nitrogen and oxygen atoms in total. The molecule has 2 fully saturated rings. The summed E-state index contributed by atoms with van der Waals surface area (Å²) in [6, 6.07) is -0.613. The zero-order chi connectivity index (χ0) is 19.5. The largest absolute Gasteiger partial charge is 0.454 e. The van der Waals surface area contributed by atoms with Crippen molar-refractivity contribution in [2.75, 3.05) is 26.2 Å². The summed E-state index contributed by atoms with van der Waals surface area (Å²) < 4.78 is 10.5. The predicted molar refractivity (Wildman–Crippen MR) is 91.1 cm³/mol. The summed E-state index contributed by atoms with van der Waals surface area (Å²) in [5.41, 5.74) is -0.965. The molecule has 2 atom stereocenters. The molecule has 4 amide bonds. The van der Waals surface area contributed by atoms with Gasteiger partial charge in [-0.2, -0.15) is 0 Å². The summed E-state index contributed by atoms with van der Waals surface area (Å²) in [6.07, 6.45) is 0.706. The van der Waals surface area contributed by atoms with Gasteiger partial charge < -0.3 is 19.7 Å². The average Bonchev–Trinajstić information content (AvgIpc) is 2.83. The van der Waals surface area contributed by atoms with Gasteiger partial charge in [0.15, 0.2) is 6.61 Å². The molecule has 0 spiro atoms. The first kappa shape index (κ1) is 20.2. The highest BCUT2D eigenvalue weighted by molar-refractivity contribution is 6.08. The van der Waals surface area contributed by atoms with Crippen molar-refractivity contribution in [3.63, 3.8) is 0 Å². The number of hydrogen-bond acceptors (Lipinski definition) is 6. The highest BCUT2D eigenvalue weighted by atomic mass is 16.5. The molecule has 0 aliphatic carbocycles. The first-order valence-corrected chi connectivity index (χ1v) is 8.95. The van der Waals surface area contributed by atoms with Gasteiger partial charge in [0.1, 0.15) is 12.1 Å². The van der Waals surface area contributed by atoms with Gasteiger partial charge in [-0.05, 0) is 26.7 Å². The van der Waals surface area contributed by atoms with Gasteiger partial charge in [0, 0.05) is 13.1 Å². The van der Waals surface area contributed by atoms with Crippen molar-refractivity contribution >= 4 is 23.8 Å². The summed E-state index contributed by atoms with van der Waals surface area (Å²) in [5.74, 6) is -1.56. The maximum atomic E-state index is 12.4. The molecule has 2 saturated heterocycles. The van der Waals surface area contributed by atoms with E-state index in [9.17, 15) is 19.2 Å². The Morgan fingerprint density at radius 3 is 2.27 bits per heavy atom. The van der Waals surface area contributed by atoms with Crippen molar-refractivity contribution in [3.8, 4) is 0 Å². The van der Waals surface area contributed by atoms with Crippen LogP contribution < -0.4 is 5.32 Å². The molecule has 0 saturated carbocycles. The first-order chi connectivity index (χ1) is 12.2. The standard InChI is InChI=1S/C17H27N3O6/c1-5-17(6-2)15(23)20(16(24)18-17)9-14(22)25-10-13(21)19-7-11(3)26-12(4)8-19/h11-12H,5-10H2,1-4H3,(H,18,24)/t11-,12+. The Labute approximate surface area is 153 Å². The summed E-state index contributed by atoms with van der Waals surface area (Å²) in [5, 5.41) is 2.64. The van der Waals surface area contributed by atoms with E-state index >= 15 is 0 Å². The lowest BCUT2D eigenvalue weighted by Crippen LogP contribution is -2.49. The fourth-order valence-corrected chi connectivity index (χ4v) is 3.34. The number of hydrogen-bond donors (Lipinski definition) is 1. The van der Waals surface area contributed by atoms with Crippen LogP contribution in [-0.2, 0) is 23.9 Å². The molecule has 2 heterocycles. The minimum Gasteiger partial charge on any atom is -0.454 e. The van der Waals surface area contributed by atoms with Crippen LogP contribution in [0.4, 0.5) is 4.79 Å². The molecule has 0 aromatic heterocycles. The van der Waals surface area contributed by atoms with Gasteiger partial charge in [-0.25, -0.2) is 4.79 Å². The van der Waals surface area contributed by atoms with E-state index in [1.54, 1.807) is 18.7 Å². The van der Waals surface area contributed by atoms with Gasteiger partial charge in [0.2, 0.25) is 0 Å². The van der Waals surface area contributed by atoms with E-state index in [0.717, 1.165) is 4.90 Å². The third kappa shape index (κ3) is 4.14. The number of amides is 4. The van der Waals surface area contributed by atoms with E-state index in [1.165, 1.54) is 0 Å². The molecular weight excluding hydrogens is 342 g/mol. The van der Waals surface area contributed by atoms with E-state index < -0.39 is 36.6 Å². The number of imide groups is 1. The number of esters is 1. The third-order valence-electron chi connectivity index (χ3n) is 4.87. The van der Waals surface area contributed by atoms with Crippen LogP contribution in [0.5, 0.6) is 0 Å². The van der Waals surface area contributed by atoms with Crippen LogP contribution in [-0.4, -0.2) is 77.6 Å². The number of ether oxygens (including phenoxy) is 2. The minimum atomic E-state index is -0.965. The lowest BCUT2D eigenvalue weighted by Gasteiger charge is -2.35. The Kier molecular flexibility index (Phi) is 6.22. The van der Waals surface area contributed by atoms with E-state index in [4.69, 9.17) is 9.47 Å². The summed E-state index contributed by atoms with van der Waals surface area (Å²) in [7, 11) is 0. The Hall–Kier alpha value is -2.16.